The fourth-order valence-electron chi connectivity index (χ4n) is 3.85. The van der Waals surface area contributed by atoms with E-state index in [0.29, 0.717) is 5.56 Å². The van der Waals surface area contributed by atoms with Gasteiger partial charge in [0.1, 0.15) is 11.6 Å². The maximum absolute atomic E-state index is 13.2. The average molecular weight is 412 g/mol. The fourth-order valence-corrected chi connectivity index (χ4v) is 3.85. The summed E-state index contributed by atoms with van der Waals surface area (Å²) in [5, 5.41) is 2.60. The SMILES string of the molecule is CC(C1CCC1)N1C(=O)[C@H](NC(=O)OC(C)(C)C)Cc2ccc(C(F)(F)F)cc21. The fraction of sp³-hybridized carbons (Fsp3) is 0.619. The van der Waals surface area contributed by atoms with Gasteiger partial charge in [-0.15, -0.1) is 0 Å². The summed E-state index contributed by atoms with van der Waals surface area (Å²) in [6.07, 6.45) is -2.17. The molecule has 1 aliphatic heterocycles. The Bertz CT molecular complexity index is 797. The van der Waals surface area contributed by atoms with Crippen molar-refractivity contribution in [2.45, 2.75) is 77.2 Å². The summed E-state index contributed by atoms with van der Waals surface area (Å²) in [7, 11) is 0. The number of nitrogens with zero attached hydrogens (tertiary/aromatic N) is 1. The number of alkyl carbamates (subject to hydrolysis) is 1. The first-order chi connectivity index (χ1) is 13.4. The molecule has 1 N–H and O–H groups in total. The number of nitrogens with one attached hydrogen (secondary N) is 1. The topological polar surface area (TPSA) is 58.6 Å². The highest BCUT2D eigenvalue weighted by atomic mass is 19.4. The monoisotopic (exact) mass is 412 g/mol. The third kappa shape index (κ3) is 4.67. The molecule has 1 saturated carbocycles. The minimum atomic E-state index is -4.49. The molecule has 2 aliphatic rings. The van der Waals surface area contributed by atoms with Crippen molar-refractivity contribution in [1.29, 1.82) is 0 Å². The van der Waals surface area contributed by atoms with E-state index in [9.17, 15) is 22.8 Å². The summed E-state index contributed by atoms with van der Waals surface area (Å²) in [5.41, 5.74) is -0.620. The van der Waals surface area contributed by atoms with Crippen molar-refractivity contribution in [2.75, 3.05) is 4.90 Å². The van der Waals surface area contributed by atoms with E-state index in [1.165, 1.54) is 11.0 Å². The number of halogens is 3. The maximum atomic E-state index is 13.2. The molecule has 5 nitrogen and oxygen atoms in total. The minimum absolute atomic E-state index is 0.124. The molecule has 0 radical (unpaired) electrons. The van der Waals surface area contributed by atoms with Gasteiger partial charge in [0, 0.05) is 18.2 Å². The zero-order chi connectivity index (χ0) is 21.6. The van der Waals surface area contributed by atoms with Crippen LogP contribution in [-0.2, 0) is 22.1 Å². The molecule has 1 fully saturated rings. The molecule has 0 saturated heterocycles. The Kier molecular flexibility index (Phi) is 5.58. The van der Waals surface area contributed by atoms with E-state index in [4.69, 9.17) is 4.74 Å². The van der Waals surface area contributed by atoms with Gasteiger partial charge < -0.3 is 15.0 Å². The van der Waals surface area contributed by atoms with Crippen molar-refractivity contribution >= 4 is 17.7 Å². The van der Waals surface area contributed by atoms with Crippen LogP contribution in [0.3, 0.4) is 0 Å². The predicted molar refractivity (Wildman–Crippen MR) is 103 cm³/mol. The Labute approximate surface area is 168 Å². The molecular weight excluding hydrogens is 385 g/mol. The molecule has 0 spiro atoms. The normalized spacial score (nSPS) is 21.3. The number of alkyl halides is 3. The van der Waals surface area contributed by atoms with E-state index < -0.39 is 35.4 Å². The van der Waals surface area contributed by atoms with Crippen LogP contribution < -0.4 is 10.2 Å². The zero-order valence-corrected chi connectivity index (χ0v) is 17.1. The van der Waals surface area contributed by atoms with E-state index in [1.54, 1.807) is 20.8 Å². The highest BCUT2D eigenvalue weighted by Crippen LogP contribution is 2.40. The largest absolute Gasteiger partial charge is 0.444 e. The lowest BCUT2D eigenvalue weighted by atomic mass is 9.78. The number of benzene rings is 1. The standard InChI is InChI=1S/C21H27F3N2O3/c1-12(13-6-5-7-13)26-17-11-15(21(22,23)24)9-8-14(17)10-16(18(26)27)25-19(28)29-20(2,3)4/h8-9,11-13,16H,5-7,10H2,1-4H3,(H,25,28)/t12?,16-/m1/s1. The quantitative estimate of drug-likeness (QED) is 0.785. The number of ether oxygens (including phenoxy) is 1. The molecule has 2 amide bonds. The molecule has 1 aliphatic carbocycles. The van der Waals surface area contributed by atoms with E-state index >= 15 is 0 Å². The van der Waals surface area contributed by atoms with Crippen molar-refractivity contribution in [3.8, 4) is 0 Å². The number of rotatable bonds is 3. The van der Waals surface area contributed by atoms with Crippen LogP contribution in [0.1, 0.15) is 58.1 Å². The Morgan fingerprint density at radius 2 is 1.90 bits per heavy atom. The van der Waals surface area contributed by atoms with Crippen LogP contribution >= 0.6 is 0 Å². The van der Waals surface area contributed by atoms with Gasteiger partial charge in [-0.1, -0.05) is 12.5 Å². The predicted octanol–water partition coefficient (Wildman–Crippen LogP) is 4.68. The van der Waals surface area contributed by atoms with Crippen LogP contribution in [0.2, 0.25) is 0 Å². The van der Waals surface area contributed by atoms with Crippen molar-refractivity contribution in [3.05, 3.63) is 29.3 Å². The number of carbonyl (C=O) groups excluding carboxylic acids is 2. The van der Waals surface area contributed by atoms with Crippen LogP contribution in [0.4, 0.5) is 23.7 Å². The van der Waals surface area contributed by atoms with Crippen LogP contribution in [0, 0.1) is 5.92 Å². The van der Waals surface area contributed by atoms with Gasteiger partial charge in [0.2, 0.25) is 5.91 Å². The molecule has 29 heavy (non-hydrogen) atoms. The highest BCUT2D eigenvalue weighted by Gasteiger charge is 2.42. The lowest BCUT2D eigenvalue weighted by molar-refractivity contribution is -0.137. The molecule has 3 rings (SSSR count). The van der Waals surface area contributed by atoms with Gasteiger partial charge in [-0.25, -0.2) is 4.79 Å². The number of fused-ring (bicyclic) bond motifs is 1. The number of hydrogen-bond donors (Lipinski definition) is 1. The second kappa shape index (κ2) is 7.54. The van der Waals surface area contributed by atoms with Gasteiger partial charge in [0.15, 0.2) is 0 Å². The Hall–Kier alpha value is -2.25. The summed E-state index contributed by atoms with van der Waals surface area (Å²) in [6, 6.07) is 2.34. The summed E-state index contributed by atoms with van der Waals surface area (Å²) < 4.78 is 45.0. The van der Waals surface area contributed by atoms with Crippen LogP contribution in [0.15, 0.2) is 18.2 Å². The third-order valence-corrected chi connectivity index (χ3v) is 5.56. The van der Waals surface area contributed by atoms with Gasteiger partial charge in [-0.05, 0) is 64.2 Å². The van der Waals surface area contributed by atoms with Gasteiger partial charge in [0.25, 0.3) is 0 Å². The summed E-state index contributed by atoms with van der Waals surface area (Å²) in [5.74, 6) is -0.163. The van der Waals surface area contributed by atoms with Crippen LogP contribution in [0.5, 0.6) is 0 Å². The first kappa shape index (κ1) is 21.5. The lowest BCUT2D eigenvalue weighted by Crippen LogP contribution is -2.57. The summed E-state index contributed by atoms with van der Waals surface area (Å²) >= 11 is 0. The van der Waals surface area contributed by atoms with Gasteiger partial charge in [-0.2, -0.15) is 13.2 Å². The van der Waals surface area contributed by atoms with E-state index in [-0.39, 0.29) is 24.1 Å². The van der Waals surface area contributed by atoms with Crippen LogP contribution in [0.25, 0.3) is 0 Å². The first-order valence-electron chi connectivity index (χ1n) is 9.89. The molecule has 1 aromatic carbocycles. The second-order valence-corrected chi connectivity index (χ2v) is 8.88. The summed E-state index contributed by atoms with van der Waals surface area (Å²) in [6.45, 7) is 7.01. The Morgan fingerprint density at radius 1 is 1.24 bits per heavy atom. The van der Waals surface area contributed by atoms with Crippen molar-refractivity contribution in [2.24, 2.45) is 5.92 Å². The van der Waals surface area contributed by atoms with Gasteiger partial charge in [-0.3, -0.25) is 4.79 Å². The molecule has 0 bridgehead atoms. The molecular formula is C21H27F3N2O3. The maximum Gasteiger partial charge on any atom is 0.416 e. The second-order valence-electron chi connectivity index (χ2n) is 8.88. The Balaban J connectivity index is 1.93. The minimum Gasteiger partial charge on any atom is -0.444 e. The third-order valence-electron chi connectivity index (χ3n) is 5.56. The number of hydrogen-bond acceptors (Lipinski definition) is 3. The van der Waals surface area contributed by atoms with Crippen molar-refractivity contribution in [1.82, 2.24) is 5.32 Å². The van der Waals surface area contributed by atoms with E-state index in [1.807, 2.05) is 6.92 Å². The van der Waals surface area contributed by atoms with Crippen molar-refractivity contribution < 1.29 is 27.5 Å². The van der Waals surface area contributed by atoms with E-state index in [0.717, 1.165) is 31.4 Å². The van der Waals surface area contributed by atoms with Gasteiger partial charge in [0.05, 0.1) is 5.56 Å². The lowest BCUT2D eigenvalue weighted by Gasteiger charge is -2.43. The average Bonchev–Trinajstić information content (AvgIpc) is 2.50. The molecule has 1 unspecified atom stereocenters. The Morgan fingerprint density at radius 3 is 2.41 bits per heavy atom. The molecule has 8 heteroatoms. The van der Waals surface area contributed by atoms with E-state index in [2.05, 4.69) is 5.32 Å². The zero-order valence-electron chi connectivity index (χ0n) is 17.1. The molecule has 0 aromatic heterocycles. The molecule has 160 valence electrons. The molecule has 1 heterocycles. The molecule has 2 atom stereocenters. The first-order valence-corrected chi connectivity index (χ1v) is 9.89. The van der Waals surface area contributed by atoms with Crippen molar-refractivity contribution in [3.63, 3.8) is 0 Å². The number of amides is 2. The number of anilines is 1. The summed E-state index contributed by atoms with van der Waals surface area (Å²) in [4.78, 5) is 26.8. The van der Waals surface area contributed by atoms with Gasteiger partial charge >= 0.3 is 12.3 Å². The van der Waals surface area contributed by atoms with Crippen LogP contribution in [-0.4, -0.2) is 29.7 Å². The molecule has 1 aromatic rings. The highest BCUT2D eigenvalue weighted by molar-refractivity contribution is 6.02. The number of carbonyl (C=O) groups is 2. The smallest absolute Gasteiger partial charge is 0.416 e.